The molecule has 13 nitrogen and oxygen atoms in total. The van der Waals surface area contributed by atoms with E-state index in [2.05, 4.69) is 0 Å². The van der Waals surface area contributed by atoms with Crippen molar-refractivity contribution in [1.29, 1.82) is 0 Å². The number of aliphatic hydroxyl groups is 8. The Bertz CT molecular complexity index is 671. The molecular formula is C18H28O13. The molecular weight excluding hydrogens is 424 g/mol. The molecule has 9 atom stereocenters. The highest BCUT2D eigenvalue weighted by molar-refractivity contribution is 5.30. The summed E-state index contributed by atoms with van der Waals surface area (Å²) in [5, 5.41) is 94.0. The van der Waals surface area contributed by atoms with E-state index in [9.17, 15) is 30.6 Å². The van der Waals surface area contributed by atoms with Gasteiger partial charge in [-0.2, -0.15) is 0 Å². The van der Waals surface area contributed by atoms with Crippen LogP contribution in [0.3, 0.4) is 0 Å². The third-order valence-electron chi connectivity index (χ3n) is 4.90. The lowest BCUT2D eigenvalue weighted by molar-refractivity contribution is -0.383. The Morgan fingerprint density at radius 2 is 1.39 bits per heavy atom. The van der Waals surface area contributed by atoms with Gasteiger partial charge in [0.15, 0.2) is 6.29 Å². The van der Waals surface area contributed by atoms with Crippen LogP contribution in [-0.4, -0.2) is 126 Å². The molecule has 2 heterocycles. The molecule has 0 saturated carbocycles. The van der Waals surface area contributed by atoms with E-state index in [-0.39, 0.29) is 11.5 Å². The van der Waals surface area contributed by atoms with Crippen molar-refractivity contribution in [1.82, 2.24) is 0 Å². The fraction of sp³-hybridized carbons (Fsp3) is 0.667. The van der Waals surface area contributed by atoms with Crippen molar-refractivity contribution in [3.8, 4) is 11.5 Å². The summed E-state index contributed by atoms with van der Waals surface area (Å²) in [5.74, 6) is -2.05. The molecule has 2 aliphatic rings. The first-order valence-electron chi connectivity index (χ1n) is 9.32. The third-order valence-corrected chi connectivity index (χ3v) is 4.90. The van der Waals surface area contributed by atoms with Gasteiger partial charge in [-0.15, -0.1) is 0 Å². The first kappa shape index (κ1) is 25.6. The minimum atomic E-state index is -2.22. The van der Waals surface area contributed by atoms with Crippen molar-refractivity contribution in [3.63, 3.8) is 0 Å². The quantitative estimate of drug-likeness (QED) is 0.204. The molecule has 1 aromatic carbocycles. The van der Waals surface area contributed by atoms with E-state index in [4.69, 9.17) is 34.6 Å². The number of phenolic OH excluding ortho intramolecular Hbond substituents is 2. The van der Waals surface area contributed by atoms with Crippen molar-refractivity contribution >= 4 is 0 Å². The molecule has 0 radical (unpaired) electrons. The van der Waals surface area contributed by atoms with Crippen LogP contribution in [0.5, 0.6) is 11.5 Å². The van der Waals surface area contributed by atoms with E-state index in [1.54, 1.807) is 6.07 Å². The normalized spacial score (nSPS) is 40.3. The highest BCUT2D eigenvalue weighted by atomic mass is 16.8. The standard InChI is InChI=1S/C12H22O11.C6H6O2/c13-1-4-6(16)8(18)9(19)11(21-4)23-12(3-15)10(20)7(17)5(2-14)22-12;7-5-2-1-3-6(8)4-5/h4-11,13-20H,1-3H2;1-4,7-8H/t4-,5-,6-,7-,8+,9-,10+,11-,12+;/m1./s1. The van der Waals surface area contributed by atoms with Gasteiger partial charge in [-0.1, -0.05) is 6.07 Å². The number of aliphatic hydroxyl groups excluding tert-OH is 8. The number of hydrogen-bond acceptors (Lipinski definition) is 13. The largest absolute Gasteiger partial charge is 0.508 e. The second-order valence-electron chi connectivity index (χ2n) is 7.08. The Morgan fingerprint density at radius 3 is 1.81 bits per heavy atom. The van der Waals surface area contributed by atoms with Gasteiger partial charge in [0.1, 0.15) is 60.8 Å². The second-order valence-corrected chi connectivity index (χ2v) is 7.08. The van der Waals surface area contributed by atoms with E-state index < -0.39 is 74.6 Å². The molecule has 0 aliphatic carbocycles. The minimum absolute atomic E-state index is 0.0880. The second kappa shape index (κ2) is 10.8. The van der Waals surface area contributed by atoms with Crippen LogP contribution in [0.1, 0.15) is 0 Å². The van der Waals surface area contributed by atoms with Crippen LogP contribution in [0, 0.1) is 0 Å². The van der Waals surface area contributed by atoms with Crippen molar-refractivity contribution in [2.24, 2.45) is 0 Å². The van der Waals surface area contributed by atoms with Gasteiger partial charge in [0.05, 0.1) is 13.2 Å². The molecule has 178 valence electrons. The van der Waals surface area contributed by atoms with E-state index in [0.29, 0.717) is 0 Å². The zero-order chi connectivity index (χ0) is 23.3. The van der Waals surface area contributed by atoms with E-state index in [1.165, 1.54) is 18.2 Å². The average molecular weight is 452 g/mol. The molecule has 2 aliphatic heterocycles. The van der Waals surface area contributed by atoms with Crippen LogP contribution >= 0.6 is 0 Å². The monoisotopic (exact) mass is 452 g/mol. The van der Waals surface area contributed by atoms with Crippen molar-refractivity contribution in [2.45, 2.75) is 54.8 Å². The van der Waals surface area contributed by atoms with Crippen LogP contribution in [0.15, 0.2) is 24.3 Å². The maximum absolute atomic E-state index is 10.00. The maximum atomic E-state index is 10.00. The van der Waals surface area contributed by atoms with Gasteiger partial charge >= 0.3 is 0 Å². The van der Waals surface area contributed by atoms with Gasteiger partial charge in [-0.25, -0.2) is 0 Å². The Balaban J connectivity index is 0.000000357. The molecule has 0 aromatic heterocycles. The maximum Gasteiger partial charge on any atom is 0.224 e. The van der Waals surface area contributed by atoms with Gasteiger partial charge in [0, 0.05) is 6.07 Å². The summed E-state index contributed by atoms with van der Waals surface area (Å²) in [7, 11) is 0. The molecule has 0 bridgehead atoms. The highest BCUT2D eigenvalue weighted by Crippen LogP contribution is 2.35. The van der Waals surface area contributed by atoms with Crippen molar-refractivity contribution in [3.05, 3.63) is 24.3 Å². The lowest BCUT2D eigenvalue weighted by Gasteiger charge is -2.43. The van der Waals surface area contributed by atoms with Crippen molar-refractivity contribution < 1.29 is 65.3 Å². The Labute approximate surface area is 176 Å². The molecule has 10 N–H and O–H groups in total. The molecule has 1 aromatic rings. The number of ether oxygens (including phenoxy) is 3. The molecule has 31 heavy (non-hydrogen) atoms. The lowest BCUT2D eigenvalue weighted by Crippen LogP contribution is -2.62. The number of rotatable bonds is 5. The zero-order valence-electron chi connectivity index (χ0n) is 16.2. The third kappa shape index (κ3) is 5.60. The van der Waals surface area contributed by atoms with Gasteiger partial charge < -0.3 is 65.3 Å². The summed E-state index contributed by atoms with van der Waals surface area (Å²) in [4.78, 5) is 0. The van der Waals surface area contributed by atoms with Crippen LogP contribution in [0.2, 0.25) is 0 Å². The summed E-state index contributed by atoms with van der Waals surface area (Å²) in [5.41, 5.74) is 0. The lowest BCUT2D eigenvalue weighted by atomic mass is 9.99. The molecule has 3 rings (SSSR count). The summed E-state index contributed by atoms with van der Waals surface area (Å²) in [6.45, 7) is -2.32. The Kier molecular flexibility index (Phi) is 8.93. The van der Waals surface area contributed by atoms with Gasteiger partial charge in [-0.05, 0) is 12.1 Å². The van der Waals surface area contributed by atoms with E-state index in [1.807, 2.05) is 0 Å². The SMILES string of the molecule is OC[C@H]1O[C@@](CO)(O[C@H]2O[C@H](CO)[C@@H](O)[C@H](O)[C@H]2O)[C@@H](O)[C@@H]1O.Oc1cccc(O)c1. The fourth-order valence-corrected chi connectivity index (χ4v) is 3.12. The van der Waals surface area contributed by atoms with Gasteiger partial charge in [0.2, 0.25) is 5.79 Å². The van der Waals surface area contributed by atoms with E-state index >= 15 is 0 Å². The number of benzene rings is 1. The van der Waals surface area contributed by atoms with Crippen LogP contribution in [0.4, 0.5) is 0 Å². The first-order chi connectivity index (χ1) is 14.6. The molecule has 0 unspecified atom stereocenters. The topological polar surface area (TPSA) is 230 Å². The summed E-state index contributed by atoms with van der Waals surface area (Å²) in [6, 6.07) is 5.85. The smallest absolute Gasteiger partial charge is 0.224 e. The summed E-state index contributed by atoms with van der Waals surface area (Å²) >= 11 is 0. The van der Waals surface area contributed by atoms with E-state index in [0.717, 1.165) is 0 Å². The fourth-order valence-electron chi connectivity index (χ4n) is 3.12. The molecule has 13 heteroatoms. The highest BCUT2D eigenvalue weighted by Gasteiger charge is 2.58. The summed E-state index contributed by atoms with van der Waals surface area (Å²) in [6.07, 6.45) is -12.7. The number of aromatic hydroxyl groups is 2. The predicted molar refractivity (Wildman–Crippen MR) is 98.4 cm³/mol. The minimum Gasteiger partial charge on any atom is -0.508 e. The van der Waals surface area contributed by atoms with Crippen LogP contribution in [0.25, 0.3) is 0 Å². The predicted octanol–water partition coefficient (Wildman–Crippen LogP) is -4.30. The van der Waals surface area contributed by atoms with Crippen LogP contribution in [-0.2, 0) is 14.2 Å². The van der Waals surface area contributed by atoms with Gasteiger partial charge in [-0.3, -0.25) is 0 Å². The first-order valence-corrected chi connectivity index (χ1v) is 9.32. The molecule has 0 spiro atoms. The average Bonchev–Trinajstić information content (AvgIpc) is 2.99. The molecule has 0 amide bonds. The Morgan fingerprint density at radius 1 is 0.806 bits per heavy atom. The van der Waals surface area contributed by atoms with Crippen molar-refractivity contribution in [2.75, 3.05) is 19.8 Å². The van der Waals surface area contributed by atoms with Gasteiger partial charge in [0.25, 0.3) is 0 Å². The molecule has 2 fully saturated rings. The summed E-state index contributed by atoms with van der Waals surface area (Å²) < 4.78 is 15.4. The van der Waals surface area contributed by atoms with Crippen LogP contribution < -0.4 is 0 Å². The number of hydrogen-bond donors (Lipinski definition) is 10. The number of phenols is 2. The zero-order valence-corrected chi connectivity index (χ0v) is 16.2. The molecule has 2 saturated heterocycles. The Hall–Kier alpha value is -1.62.